The number of rotatable bonds is 4. The SMILES string of the molecule is Cc1[nH]ncc1Nc1ncc2cc(Cl)c(C3CCN(C4(C)COC4)CC3)cc2n1. The zero-order valence-corrected chi connectivity index (χ0v) is 17.5. The molecule has 0 aliphatic carbocycles. The van der Waals surface area contributed by atoms with Crippen LogP contribution < -0.4 is 5.32 Å². The third-order valence-electron chi connectivity index (χ3n) is 6.30. The smallest absolute Gasteiger partial charge is 0.227 e. The monoisotopic (exact) mass is 412 g/mol. The molecule has 0 bridgehead atoms. The number of fused-ring (bicyclic) bond motifs is 1. The molecule has 1 aromatic carbocycles. The average molecular weight is 413 g/mol. The fourth-order valence-corrected chi connectivity index (χ4v) is 4.67. The van der Waals surface area contributed by atoms with Crippen molar-refractivity contribution in [3.8, 4) is 0 Å². The highest BCUT2D eigenvalue weighted by Gasteiger charge is 2.41. The number of piperidine rings is 1. The standard InChI is InChI=1S/C21H25ClN6O/c1-13-19(10-24-27-13)26-20-23-9-15-7-17(22)16(8-18(15)25-20)14-3-5-28(6-4-14)21(2)11-29-12-21/h7-10,14H,3-6,11-12H2,1-2H3,(H,24,27)(H,23,25,26). The second kappa shape index (κ2) is 7.23. The number of hydrogen-bond donors (Lipinski definition) is 2. The molecule has 0 radical (unpaired) electrons. The maximum atomic E-state index is 6.66. The average Bonchev–Trinajstić information content (AvgIpc) is 3.10. The normalized spacial score (nSPS) is 20.0. The van der Waals surface area contributed by atoms with E-state index in [1.165, 1.54) is 5.56 Å². The number of halogens is 1. The Balaban J connectivity index is 1.38. The summed E-state index contributed by atoms with van der Waals surface area (Å²) in [5.41, 5.74) is 4.14. The van der Waals surface area contributed by atoms with Gasteiger partial charge in [-0.3, -0.25) is 10.00 Å². The van der Waals surface area contributed by atoms with Gasteiger partial charge in [0.2, 0.25) is 5.95 Å². The Morgan fingerprint density at radius 1 is 1.24 bits per heavy atom. The maximum absolute atomic E-state index is 6.66. The van der Waals surface area contributed by atoms with Gasteiger partial charge in [0.25, 0.3) is 0 Å². The van der Waals surface area contributed by atoms with E-state index in [2.05, 4.69) is 38.4 Å². The summed E-state index contributed by atoms with van der Waals surface area (Å²) in [5, 5.41) is 11.9. The van der Waals surface area contributed by atoms with Gasteiger partial charge in [-0.15, -0.1) is 0 Å². The minimum atomic E-state index is 0.219. The first-order valence-corrected chi connectivity index (χ1v) is 10.5. The van der Waals surface area contributed by atoms with Crippen LogP contribution in [0.2, 0.25) is 5.02 Å². The minimum Gasteiger partial charge on any atom is -0.377 e. The van der Waals surface area contributed by atoms with Crippen LogP contribution in [-0.2, 0) is 4.74 Å². The van der Waals surface area contributed by atoms with E-state index in [1.54, 1.807) is 6.20 Å². The predicted molar refractivity (Wildman–Crippen MR) is 114 cm³/mol. The molecule has 2 aliphatic heterocycles. The summed E-state index contributed by atoms with van der Waals surface area (Å²) in [5.74, 6) is 1.01. The van der Waals surface area contributed by atoms with Gasteiger partial charge < -0.3 is 10.1 Å². The first kappa shape index (κ1) is 18.8. The lowest BCUT2D eigenvalue weighted by Crippen LogP contribution is -2.61. The van der Waals surface area contributed by atoms with Crippen molar-refractivity contribution in [3.63, 3.8) is 0 Å². The molecule has 2 saturated heterocycles. The van der Waals surface area contributed by atoms with E-state index < -0.39 is 0 Å². The number of hydrogen-bond acceptors (Lipinski definition) is 6. The maximum Gasteiger partial charge on any atom is 0.227 e. The molecule has 8 heteroatoms. The van der Waals surface area contributed by atoms with Crippen LogP contribution in [0.25, 0.3) is 10.9 Å². The van der Waals surface area contributed by atoms with Crippen molar-refractivity contribution in [2.75, 3.05) is 31.6 Å². The van der Waals surface area contributed by atoms with Crippen molar-refractivity contribution < 1.29 is 4.74 Å². The fraction of sp³-hybridized carbons (Fsp3) is 0.476. The van der Waals surface area contributed by atoms with E-state index in [-0.39, 0.29) is 5.54 Å². The number of nitrogens with zero attached hydrogens (tertiary/aromatic N) is 4. The second-order valence-electron chi connectivity index (χ2n) is 8.41. The largest absolute Gasteiger partial charge is 0.377 e. The Morgan fingerprint density at radius 3 is 2.69 bits per heavy atom. The minimum absolute atomic E-state index is 0.219. The third kappa shape index (κ3) is 3.47. The molecule has 7 nitrogen and oxygen atoms in total. The van der Waals surface area contributed by atoms with Crippen LogP contribution in [-0.4, -0.2) is 56.9 Å². The van der Waals surface area contributed by atoms with Crippen molar-refractivity contribution in [1.82, 2.24) is 25.1 Å². The van der Waals surface area contributed by atoms with E-state index in [1.807, 2.05) is 19.2 Å². The highest BCUT2D eigenvalue weighted by Crippen LogP contribution is 2.38. The molecule has 29 heavy (non-hydrogen) atoms. The van der Waals surface area contributed by atoms with E-state index in [9.17, 15) is 0 Å². The second-order valence-corrected chi connectivity index (χ2v) is 8.82. The Labute approximate surface area is 174 Å². The molecule has 3 aromatic rings. The van der Waals surface area contributed by atoms with Gasteiger partial charge in [0.15, 0.2) is 0 Å². The van der Waals surface area contributed by atoms with Crippen LogP contribution in [0, 0.1) is 6.92 Å². The Hall–Kier alpha value is -2.22. The lowest BCUT2D eigenvalue weighted by Gasteiger charge is -2.50. The fourth-order valence-electron chi connectivity index (χ4n) is 4.35. The highest BCUT2D eigenvalue weighted by molar-refractivity contribution is 6.32. The molecule has 2 aromatic heterocycles. The van der Waals surface area contributed by atoms with E-state index in [0.717, 1.165) is 66.5 Å². The van der Waals surface area contributed by atoms with Gasteiger partial charge in [-0.25, -0.2) is 9.97 Å². The predicted octanol–water partition coefficient (Wildman–Crippen LogP) is 4.03. The summed E-state index contributed by atoms with van der Waals surface area (Å²) in [6, 6.07) is 4.13. The number of H-pyrrole nitrogens is 1. The van der Waals surface area contributed by atoms with Crippen LogP contribution in [0.15, 0.2) is 24.5 Å². The summed E-state index contributed by atoms with van der Waals surface area (Å²) in [4.78, 5) is 11.7. The van der Waals surface area contributed by atoms with Gasteiger partial charge in [-0.1, -0.05) is 11.6 Å². The molecule has 2 fully saturated rings. The number of aromatic amines is 1. The van der Waals surface area contributed by atoms with Gasteiger partial charge in [-0.05, 0) is 63.4 Å². The van der Waals surface area contributed by atoms with Crippen molar-refractivity contribution >= 4 is 34.1 Å². The number of anilines is 2. The third-order valence-corrected chi connectivity index (χ3v) is 6.63. The highest BCUT2D eigenvalue weighted by atomic mass is 35.5. The summed E-state index contributed by atoms with van der Waals surface area (Å²) in [6.07, 6.45) is 5.75. The van der Waals surface area contributed by atoms with Crippen LogP contribution in [0.3, 0.4) is 0 Å². The lowest BCUT2D eigenvalue weighted by molar-refractivity contribution is -0.136. The number of aromatic nitrogens is 4. The molecule has 0 unspecified atom stereocenters. The topological polar surface area (TPSA) is 79.0 Å². The van der Waals surface area contributed by atoms with Gasteiger partial charge in [0.1, 0.15) is 0 Å². The molecule has 4 heterocycles. The number of aryl methyl sites for hydroxylation is 1. The molecule has 2 N–H and O–H groups in total. The molecule has 5 rings (SSSR count). The quantitative estimate of drug-likeness (QED) is 0.673. The van der Waals surface area contributed by atoms with Crippen molar-refractivity contribution in [2.24, 2.45) is 0 Å². The van der Waals surface area contributed by atoms with Crippen LogP contribution >= 0.6 is 11.6 Å². The summed E-state index contributed by atoms with van der Waals surface area (Å²) in [7, 11) is 0. The van der Waals surface area contributed by atoms with Crippen LogP contribution in [0.4, 0.5) is 11.6 Å². The van der Waals surface area contributed by atoms with Gasteiger partial charge in [-0.2, -0.15) is 5.10 Å². The van der Waals surface area contributed by atoms with E-state index in [4.69, 9.17) is 21.3 Å². The number of likely N-dealkylation sites (tertiary alicyclic amines) is 1. The number of nitrogens with one attached hydrogen (secondary N) is 2. The number of ether oxygens (including phenoxy) is 1. The molecular formula is C21H25ClN6O. The summed E-state index contributed by atoms with van der Waals surface area (Å²) < 4.78 is 5.44. The van der Waals surface area contributed by atoms with Crippen molar-refractivity contribution in [2.45, 2.75) is 38.1 Å². The molecule has 0 amide bonds. The van der Waals surface area contributed by atoms with Crippen molar-refractivity contribution in [3.05, 3.63) is 40.8 Å². The first-order valence-electron chi connectivity index (χ1n) is 10.1. The molecule has 152 valence electrons. The Bertz CT molecular complexity index is 1040. The van der Waals surface area contributed by atoms with Crippen LogP contribution in [0.1, 0.15) is 36.9 Å². The Kier molecular flexibility index (Phi) is 4.69. The zero-order chi connectivity index (χ0) is 20.0. The molecule has 0 spiro atoms. The molecule has 0 saturated carbocycles. The van der Waals surface area contributed by atoms with Gasteiger partial charge in [0, 0.05) is 16.6 Å². The first-order chi connectivity index (χ1) is 14.0. The zero-order valence-electron chi connectivity index (χ0n) is 16.7. The van der Waals surface area contributed by atoms with Crippen molar-refractivity contribution in [1.29, 1.82) is 0 Å². The van der Waals surface area contributed by atoms with Gasteiger partial charge in [0.05, 0.1) is 41.8 Å². The summed E-state index contributed by atoms with van der Waals surface area (Å²) >= 11 is 6.66. The van der Waals surface area contributed by atoms with Crippen LogP contribution in [0.5, 0.6) is 0 Å². The number of benzene rings is 1. The lowest BCUT2D eigenvalue weighted by atomic mass is 9.86. The molecule has 0 atom stereocenters. The summed E-state index contributed by atoms with van der Waals surface area (Å²) in [6.45, 7) is 8.10. The van der Waals surface area contributed by atoms with E-state index in [0.29, 0.717) is 11.9 Å². The van der Waals surface area contributed by atoms with E-state index >= 15 is 0 Å². The Morgan fingerprint density at radius 2 is 2.03 bits per heavy atom. The van der Waals surface area contributed by atoms with Gasteiger partial charge >= 0.3 is 0 Å². The molecule has 2 aliphatic rings. The molecular weight excluding hydrogens is 388 g/mol.